The van der Waals surface area contributed by atoms with Crippen LogP contribution in [0.5, 0.6) is 5.75 Å². The Morgan fingerprint density at radius 1 is 0.923 bits per heavy atom. The van der Waals surface area contributed by atoms with Gasteiger partial charge in [-0.1, -0.05) is 48.5 Å². The van der Waals surface area contributed by atoms with Crippen LogP contribution in [0.1, 0.15) is 38.8 Å². The van der Waals surface area contributed by atoms with Gasteiger partial charge >= 0.3 is 0 Å². The summed E-state index contributed by atoms with van der Waals surface area (Å²) in [5.41, 5.74) is 1.35. The summed E-state index contributed by atoms with van der Waals surface area (Å²) in [6, 6.07) is 21.3. The van der Waals surface area contributed by atoms with Crippen molar-refractivity contribution in [2.75, 3.05) is 18.0 Å². The number of hydrogen-bond acceptors (Lipinski definition) is 5. The lowest BCUT2D eigenvalue weighted by Gasteiger charge is -2.33. The minimum absolute atomic E-state index is 0.0706. The molecular formula is C30H37N3O5S. The summed E-state index contributed by atoms with van der Waals surface area (Å²) in [7, 11) is -2.53. The second-order valence-corrected chi connectivity index (χ2v) is 12.3. The quantitative estimate of drug-likeness (QED) is 0.399. The topological polar surface area (TPSA) is 96.0 Å². The van der Waals surface area contributed by atoms with Gasteiger partial charge < -0.3 is 15.0 Å². The van der Waals surface area contributed by atoms with Crippen molar-refractivity contribution in [3.8, 4) is 5.75 Å². The molecule has 1 N–H and O–H groups in total. The van der Waals surface area contributed by atoms with E-state index >= 15 is 0 Å². The molecule has 0 saturated heterocycles. The third-order valence-electron chi connectivity index (χ3n) is 6.17. The number of aryl methyl sites for hydroxylation is 1. The minimum Gasteiger partial charge on any atom is -0.497 e. The summed E-state index contributed by atoms with van der Waals surface area (Å²) in [6.45, 7) is 8.65. The number of amides is 2. The van der Waals surface area contributed by atoms with E-state index in [4.69, 9.17) is 4.74 Å². The van der Waals surface area contributed by atoms with Crippen LogP contribution >= 0.6 is 0 Å². The zero-order valence-electron chi connectivity index (χ0n) is 23.3. The maximum Gasteiger partial charge on any atom is 0.264 e. The summed E-state index contributed by atoms with van der Waals surface area (Å²) in [6.07, 6.45) is 0. The molecule has 0 aliphatic carbocycles. The lowest BCUT2D eigenvalue weighted by Crippen LogP contribution is -2.54. The maximum absolute atomic E-state index is 14.0. The fraction of sp³-hybridized carbons (Fsp3) is 0.333. The molecule has 0 radical (unpaired) electrons. The van der Waals surface area contributed by atoms with Gasteiger partial charge in [0.2, 0.25) is 11.8 Å². The number of carbonyl (C=O) groups excluding carboxylic acids is 2. The van der Waals surface area contributed by atoms with Crippen LogP contribution in [0.4, 0.5) is 5.69 Å². The summed E-state index contributed by atoms with van der Waals surface area (Å²) in [4.78, 5) is 28.6. The van der Waals surface area contributed by atoms with Gasteiger partial charge in [-0.15, -0.1) is 0 Å². The van der Waals surface area contributed by atoms with Crippen molar-refractivity contribution < 1.29 is 22.7 Å². The molecule has 3 aromatic carbocycles. The summed E-state index contributed by atoms with van der Waals surface area (Å²) >= 11 is 0. The van der Waals surface area contributed by atoms with Crippen LogP contribution in [-0.4, -0.2) is 50.4 Å². The van der Waals surface area contributed by atoms with E-state index in [-0.39, 0.29) is 17.3 Å². The third-order valence-corrected chi connectivity index (χ3v) is 7.95. The average molecular weight is 552 g/mol. The van der Waals surface area contributed by atoms with Crippen LogP contribution in [0, 0.1) is 6.92 Å². The zero-order valence-corrected chi connectivity index (χ0v) is 24.2. The van der Waals surface area contributed by atoms with E-state index < -0.39 is 34.1 Å². The van der Waals surface area contributed by atoms with Crippen molar-refractivity contribution in [1.82, 2.24) is 10.2 Å². The van der Waals surface area contributed by atoms with E-state index in [0.717, 1.165) is 9.87 Å². The Morgan fingerprint density at radius 2 is 1.51 bits per heavy atom. The molecule has 3 aromatic rings. The monoisotopic (exact) mass is 551 g/mol. The smallest absolute Gasteiger partial charge is 0.264 e. The Kier molecular flexibility index (Phi) is 9.40. The maximum atomic E-state index is 14.0. The first-order chi connectivity index (χ1) is 18.3. The molecule has 39 heavy (non-hydrogen) atoms. The van der Waals surface area contributed by atoms with Crippen LogP contribution in [0.2, 0.25) is 0 Å². The molecule has 208 valence electrons. The van der Waals surface area contributed by atoms with Gasteiger partial charge in [0.05, 0.1) is 17.7 Å². The van der Waals surface area contributed by atoms with Gasteiger partial charge in [0.15, 0.2) is 0 Å². The van der Waals surface area contributed by atoms with Crippen LogP contribution in [0.3, 0.4) is 0 Å². The van der Waals surface area contributed by atoms with E-state index in [9.17, 15) is 18.0 Å². The molecule has 3 rings (SSSR count). The molecule has 9 heteroatoms. The zero-order chi connectivity index (χ0) is 28.8. The van der Waals surface area contributed by atoms with Gasteiger partial charge in [0.25, 0.3) is 10.0 Å². The van der Waals surface area contributed by atoms with Crippen molar-refractivity contribution >= 4 is 27.5 Å². The van der Waals surface area contributed by atoms with Gasteiger partial charge in [-0.05, 0) is 76.1 Å². The lowest BCUT2D eigenvalue weighted by molar-refractivity contribution is -0.140. The van der Waals surface area contributed by atoms with E-state index in [1.54, 1.807) is 69.5 Å². The third kappa shape index (κ3) is 7.60. The molecule has 0 unspecified atom stereocenters. The molecule has 0 saturated carbocycles. The van der Waals surface area contributed by atoms with Crippen LogP contribution in [-0.2, 0) is 26.2 Å². The SMILES string of the molecule is COc1ccc(CN(C(=O)CN(c2ccccc2C)S(=O)(=O)c2ccccc2)[C@@H](C)C(=O)NC(C)(C)C)cc1. The lowest BCUT2D eigenvalue weighted by atomic mass is 10.1. The molecule has 0 aromatic heterocycles. The predicted molar refractivity (Wildman–Crippen MR) is 153 cm³/mol. The van der Waals surface area contributed by atoms with Gasteiger partial charge in [-0.2, -0.15) is 0 Å². The first-order valence-corrected chi connectivity index (χ1v) is 14.2. The van der Waals surface area contributed by atoms with E-state index in [0.29, 0.717) is 17.0 Å². The fourth-order valence-electron chi connectivity index (χ4n) is 4.06. The molecule has 0 fully saturated rings. The largest absolute Gasteiger partial charge is 0.497 e. The molecule has 0 heterocycles. The van der Waals surface area contributed by atoms with Gasteiger partial charge in [-0.3, -0.25) is 13.9 Å². The van der Waals surface area contributed by atoms with Crippen molar-refractivity contribution in [2.24, 2.45) is 0 Å². The normalized spacial score (nSPS) is 12.4. The summed E-state index contributed by atoms with van der Waals surface area (Å²) in [5.74, 6) is -0.183. The number of para-hydroxylation sites is 1. The van der Waals surface area contributed by atoms with E-state index in [1.807, 2.05) is 39.0 Å². The Morgan fingerprint density at radius 3 is 2.08 bits per heavy atom. The second-order valence-electron chi connectivity index (χ2n) is 10.4. The first kappa shape index (κ1) is 29.7. The molecule has 0 aliphatic heterocycles. The highest BCUT2D eigenvalue weighted by atomic mass is 32.2. The summed E-state index contributed by atoms with van der Waals surface area (Å²) < 4.78 is 34.0. The molecule has 8 nitrogen and oxygen atoms in total. The fourth-order valence-corrected chi connectivity index (χ4v) is 5.56. The molecule has 0 spiro atoms. The highest BCUT2D eigenvalue weighted by Gasteiger charge is 2.33. The van der Waals surface area contributed by atoms with Crippen LogP contribution in [0.25, 0.3) is 0 Å². The number of hydrogen-bond donors (Lipinski definition) is 1. The molecule has 1 atom stereocenters. The number of anilines is 1. The van der Waals surface area contributed by atoms with Gasteiger partial charge in [0, 0.05) is 12.1 Å². The number of nitrogens with zero attached hydrogens (tertiary/aromatic N) is 2. The predicted octanol–water partition coefficient (Wildman–Crippen LogP) is 4.53. The van der Waals surface area contributed by atoms with E-state index in [2.05, 4.69) is 5.32 Å². The first-order valence-electron chi connectivity index (χ1n) is 12.7. The van der Waals surface area contributed by atoms with Crippen molar-refractivity contribution in [2.45, 2.75) is 57.6 Å². The van der Waals surface area contributed by atoms with Crippen LogP contribution in [0.15, 0.2) is 83.8 Å². The number of ether oxygens (including phenoxy) is 1. The Balaban J connectivity index is 2.03. The molecule has 0 bridgehead atoms. The molecule has 2 amide bonds. The van der Waals surface area contributed by atoms with Crippen LogP contribution < -0.4 is 14.4 Å². The van der Waals surface area contributed by atoms with Gasteiger partial charge in [-0.25, -0.2) is 8.42 Å². The summed E-state index contributed by atoms with van der Waals surface area (Å²) in [5, 5.41) is 2.92. The molecular weight excluding hydrogens is 514 g/mol. The highest BCUT2D eigenvalue weighted by Crippen LogP contribution is 2.27. The highest BCUT2D eigenvalue weighted by molar-refractivity contribution is 7.92. The Bertz CT molecular complexity index is 1380. The number of nitrogens with one attached hydrogen (secondary N) is 1. The Labute approximate surface area is 231 Å². The number of methoxy groups -OCH3 is 1. The number of carbonyl (C=O) groups is 2. The number of rotatable bonds is 10. The Hall–Kier alpha value is -3.85. The number of sulfonamides is 1. The van der Waals surface area contributed by atoms with Gasteiger partial charge in [0.1, 0.15) is 18.3 Å². The van der Waals surface area contributed by atoms with Crippen molar-refractivity contribution in [3.63, 3.8) is 0 Å². The van der Waals surface area contributed by atoms with Crippen molar-refractivity contribution in [1.29, 1.82) is 0 Å². The average Bonchev–Trinajstić information content (AvgIpc) is 2.90. The number of benzene rings is 3. The van der Waals surface area contributed by atoms with E-state index in [1.165, 1.54) is 17.0 Å². The minimum atomic E-state index is -4.09. The standard InChI is InChI=1S/C30H37N3O5S/c1-22-12-10-11-15-27(22)33(39(36,37)26-13-8-7-9-14-26)21-28(34)32(23(2)29(35)31-30(3,4)5)20-24-16-18-25(38-6)19-17-24/h7-19,23H,20-21H2,1-6H3,(H,31,35)/t23-/m0/s1. The molecule has 0 aliphatic rings. The van der Waals surface area contributed by atoms with Crippen molar-refractivity contribution in [3.05, 3.63) is 90.0 Å². The second kappa shape index (κ2) is 12.3.